The van der Waals surface area contributed by atoms with Crippen molar-refractivity contribution in [3.8, 4) is 5.75 Å². The zero-order valence-electron chi connectivity index (χ0n) is 14.6. The summed E-state index contributed by atoms with van der Waals surface area (Å²) in [4.78, 5) is 23.6. The van der Waals surface area contributed by atoms with Crippen LogP contribution in [0.5, 0.6) is 5.75 Å². The van der Waals surface area contributed by atoms with E-state index in [0.29, 0.717) is 12.2 Å². The molecular formula is C16H24BNO7. The second-order valence-electron chi connectivity index (χ2n) is 5.59. The van der Waals surface area contributed by atoms with Crippen molar-refractivity contribution in [2.75, 3.05) is 13.2 Å². The van der Waals surface area contributed by atoms with E-state index in [1.165, 1.54) is 0 Å². The van der Waals surface area contributed by atoms with Gasteiger partial charge in [-0.05, 0) is 30.5 Å². The molecule has 1 rings (SSSR count). The van der Waals surface area contributed by atoms with Gasteiger partial charge in [0.2, 0.25) is 0 Å². The van der Waals surface area contributed by atoms with E-state index in [2.05, 4.69) is 5.32 Å². The average molecular weight is 353 g/mol. The topological polar surface area (TPSA) is 114 Å². The molecule has 0 saturated carbocycles. The van der Waals surface area contributed by atoms with Crippen molar-refractivity contribution in [1.82, 2.24) is 5.32 Å². The van der Waals surface area contributed by atoms with Gasteiger partial charge in [0.25, 0.3) is 0 Å². The van der Waals surface area contributed by atoms with Gasteiger partial charge < -0.3 is 29.5 Å². The molecule has 0 aliphatic carbocycles. The first-order valence-electron chi connectivity index (χ1n) is 8.05. The number of esters is 1. The molecule has 9 heteroatoms. The van der Waals surface area contributed by atoms with Crippen molar-refractivity contribution in [3.63, 3.8) is 0 Å². The van der Waals surface area contributed by atoms with Crippen molar-refractivity contribution in [2.24, 2.45) is 5.92 Å². The predicted molar refractivity (Wildman–Crippen MR) is 90.7 cm³/mol. The summed E-state index contributed by atoms with van der Waals surface area (Å²) in [5, 5.41) is 19.9. The first-order valence-corrected chi connectivity index (χ1v) is 8.05. The SMILES string of the molecule is CCOC(=O)C(NC(=O)OCCc1ccc(OB(O)O)cc1)C(C)C. The van der Waals surface area contributed by atoms with Crippen molar-refractivity contribution >= 4 is 19.4 Å². The van der Waals surface area contributed by atoms with Gasteiger partial charge in [-0.2, -0.15) is 0 Å². The number of rotatable bonds is 9. The molecule has 0 spiro atoms. The largest absolute Gasteiger partial charge is 0.707 e. The lowest BCUT2D eigenvalue weighted by atomic mass is 10.1. The summed E-state index contributed by atoms with van der Waals surface area (Å²) in [6.45, 7) is 5.67. The lowest BCUT2D eigenvalue weighted by Crippen LogP contribution is -2.45. The summed E-state index contributed by atoms with van der Waals surface area (Å²) in [5.41, 5.74) is 0.874. The van der Waals surface area contributed by atoms with E-state index in [-0.39, 0.29) is 19.1 Å². The normalized spacial score (nSPS) is 11.6. The first kappa shape index (κ1) is 20.8. The monoisotopic (exact) mass is 353 g/mol. The van der Waals surface area contributed by atoms with Crippen LogP contribution >= 0.6 is 0 Å². The molecule has 138 valence electrons. The second-order valence-corrected chi connectivity index (χ2v) is 5.59. The second kappa shape index (κ2) is 10.6. The maximum atomic E-state index is 11.8. The number of hydrogen-bond donors (Lipinski definition) is 3. The van der Waals surface area contributed by atoms with E-state index in [1.807, 2.05) is 0 Å². The average Bonchev–Trinajstić information content (AvgIpc) is 2.53. The van der Waals surface area contributed by atoms with Gasteiger partial charge in [0.15, 0.2) is 0 Å². The number of amides is 1. The zero-order chi connectivity index (χ0) is 18.8. The molecule has 0 saturated heterocycles. The first-order chi connectivity index (χ1) is 11.8. The highest BCUT2D eigenvalue weighted by atomic mass is 16.6. The summed E-state index contributed by atoms with van der Waals surface area (Å²) >= 11 is 0. The molecule has 25 heavy (non-hydrogen) atoms. The Kier molecular flexibility index (Phi) is 8.80. The van der Waals surface area contributed by atoms with Gasteiger partial charge >= 0.3 is 19.4 Å². The number of hydrogen-bond acceptors (Lipinski definition) is 7. The lowest BCUT2D eigenvalue weighted by Gasteiger charge is -2.20. The third-order valence-electron chi connectivity index (χ3n) is 3.27. The Bertz CT molecular complexity index is 548. The van der Waals surface area contributed by atoms with Crippen LogP contribution in [-0.4, -0.2) is 48.7 Å². The number of carbonyl (C=O) groups is 2. The van der Waals surface area contributed by atoms with Gasteiger partial charge in [-0.15, -0.1) is 0 Å². The lowest BCUT2D eigenvalue weighted by molar-refractivity contribution is -0.146. The van der Waals surface area contributed by atoms with E-state index in [1.54, 1.807) is 45.0 Å². The van der Waals surface area contributed by atoms with Crippen molar-refractivity contribution in [3.05, 3.63) is 29.8 Å². The molecular weight excluding hydrogens is 329 g/mol. The number of nitrogens with one attached hydrogen (secondary N) is 1. The Hall–Kier alpha value is -2.26. The van der Waals surface area contributed by atoms with Gasteiger partial charge in [-0.3, -0.25) is 0 Å². The van der Waals surface area contributed by atoms with Gasteiger partial charge in [0.1, 0.15) is 11.8 Å². The molecule has 8 nitrogen and oxygen atoms in total. The maximum absolute atomic E-state index is 11.8. The standard InChI is InChI=1S/C16H24BNO7/c1-4-23-15(19)14(11(2)3)18-16(20)24-10-9-12-5-7-13(8-6-12)25-17(21)22/h5-8,11,14,21-22H,4,9-10H2,1-3H3,(H,18,20). The Balaban J connectivity index is 2.41. The number of benzene rings is 1. The molecule has 1 amide bonds. The third kappa shape index (κ3) is 7.91. The Morgan fingerprint density at radius 1 is 1.16 bits per heavy atom. The van der Waals surface area contributed by atoms with E-state index < -0.39 is 25.4 Å². The molecule has 0 aliphatic heterocycles. The van der Waals surface area contributed by atoms with Crippen LogP contribution in [0.2, 0.25) is 0 Å². The van der Waals surface area contributed by atoms with Gasteiger partial charge in [0, 0.05) is 6.42 Å². The fourth-order valence-electron chi connectivity index (χ4n) is 2.02. The van der Waals surface area contributed by atoms with Crippen LogP contribution in [0.3, 0.4) is 0 Å². The van der Waals surface area contributed by atoms with Crippen LogP contribution in [0.25, 0.3) is 0 Å². The van der Waals surface area contributed by atoms with Crippen LogP contribution in [0.15, 0.2) is 24.3 Å². The predicted octanol–water partition coefficient (Wildman–Crippen LogP) is 0.891. The fraction of sp³-hybridized carbons (Fsp3) is 0.500. The highest BCUT2D eigenvalue weighted by molar-refractivity contribution is 6.33. The third-order valence-corrected chi connectivity index (χ3v) is 3.27. The Morgan fingerprint density at radius 3 is 2.32 bits per heavy atom. The van der Waals surface area contributed by atoms with Crippen LogP contribution in [0.4, 0.5) is 4.79 Å². The molecule has 0 fully saturated rings. The highest BCUT2D eigenvalue weighted by Gasteiger charge is 2.25. The molecule has 1 atom stereocenters. The Morgan fingerprint density at radius 2 is 1.80 bits per heavy atom. The minimum Gasteiger partial charge on any atom is -0.512 e. The van der Waals surface area contributed by atoms with E-state index in [4.69, 9.17) is 24.2 Å². The fourth-order valence-corrected chi connectivity index (χ4v) is 2.02. The molecule has 0 bridgehead atoms. The Labute approximate surface area is 147 Å². The zero-order valence-corrected chi connectivity index (χ0v) is 14.6. The van der Waals surface area contributed by atoms with Gasteiger partial charge in [0.05, 0.1) is 13.2 Å². The quantitative estimate of drug-likeness (QED) is 0.446. The van der Waals surface area contributed by atoms with Gasteiger partial charge in [-0.1, -0.05) is 26.0 Å². The van der Waals surface area contributed by atoms with E-state index in [9.17, 15) is 9.59 Å². The number of ether oxygens (including phenoxy) is 2. The molecule has 1 unspecified atom stereocenters. The highest BCUT2D eigenvalue weighted by Crippen LogP contribution is 2.13. The van der Waals surface area contributed by atoms with Crippen molar-refractivity contribution in [2.45, 2.75) is 33.2 Å². The van der Waals surface area contributed by atoms with Crippen LogP contribution in [0.1, 0.15) is 26.3 Å². The molecule has 0 aromatic heterocycles. The van der Waals surface area contributed by atoms with E-state index >= 15 is 0 Å². The van der Waals surface area contributed by atoms with Crippen molar-refractivity contribution < 1.29 is 33.8 Å². The number of carbonyl (C=O) groups excluding carboxylic acids is 2. The van der Waals surface area contributed by atoms with Gasteiger partial charge in [-0.25, -0.2) is 9.59 Å². The molecule has 0 heterocycles. The van der Waals surface area contributed by atoms with Crippen LogP contribution in [-0.2, 0) is 20.7 Å². The smallest absolute Gasteiger partial charge is 0.512 e. The summed E-state index contributed by atoms with van der Waals surface area (Å²) in [7, 11) is -1.87. The molecule has 0 aliphatic rings. The van der Waals surface area contributed by atoms with E-state index in [0.717, 1.165) is 5.56 Å². The molecule has 0 radical (unpaired) electrons. The van der Waals surface area contributed by atoms with Crippen LogP contribution < -0.4 is 9.97 Å². The van der Waals surface area contributed by atoms with Crippen molar-refractivity contribution in [1.29, 1.82) is 0 Å². The minimum absolute atomic E-state index is 0.124. The molecule has 3 N–H and O–H groups in total. The summed E-state index contributed by atoms with van der Waals surface area (Å²) < 4.78 is 14.7. The summed E-state index contributed by atoms with van der Waals surface area (Å²) in [5.74, 6) is -0.302. The number of alkyl carbamates (subject to hydrolysis) is 1. The summed E-state index contributed by atoms with van der Waals surface area (Å²) in [6.07, 6.45) is -0.226. The van der Waals surface area contributed by atoms with Crippen LogP contribution in [0, 0.1) is 5.92 Å². The molecule has 1 aromatic rings. The molecule has 1 aromatic carbocycles. The minimum atomic E-state index is -1.87. The summed E-state index contributed by atoms with van der Waals surface area (Å²) in [6, 6.07) is 5.83. The maximum Gasteiger partial charge on any atom is 0.707 e.